The van der Waals surface area contributed by atoms with Gasteiger partial charge in [0.05, 0.1) is 24.0 Å². The molecule has 0 aliphatic carbocycles. The molecule has 1 aromatic carbocycles. The number of rotatable bonds is 4. The second kappa shape index (κ2) is 5.66. The van der Waals surface area contributed by atoms with Crippen molar-refractivity contribution in [2.75, 3.05) is 0 Å². The van der Waals surface area contributed by atoms with Crippen molar-refractivity contribution in [2.45, 2.75) is 6.54 Å². The minimum Gasteiger partial charge on any atom is -0.298 e. The topological polar surface area (TPSA) is 47.8 Å². The molecular formula is C16H12FN3O. The Morgan fingerprint density at radius 3 is 2.62 bits per heavy atom. The van der Waals surface area contributed by atoms with Crippen LogP contribution in [0.1, 0.15) is 15.9 Å². The summed E-state index contributed by atoms with van der Waals surface area (Å²) in [6, 6.07) is 12.6. The lowest BCUT2D eigenvalue weighted by molar-refractivity contribution is 0.112. The minimum atomic E-state index is -0.421. The fourth-order valence-electron chi connectivity index (χ4n) is 2.09. The van der Waals surface area contributed by atoms with Crippen molar-refractivity contribution in [2.24, 2.45) is 0 Å². The number of hydrogen-bond acceptors (Lipinski definition) is 3. The van der Waals surface area contributed by atoms with Gasteiger partial charge in [0.1, 0.15) is 11.5 Å². The lowest BCUT2D eigenvalue weighted by atomic mass is 10.2. The molecule has 4 nitrogen and oxygen atoms in total. The van der Waals surface area contributed by atoms with Crippen LogP contribution in [0.25, 0.3) is 11.4 Å². The second-order valence-electron chi connectivity index (χ2n) is 4.60. The van der Waals surface area contributed by atoms with Gasteiger partial charge >= 0.3 is 0 Å². The summed E-state index contributed by atoms with van der Waals surface area (Å²) in [5.74, 6) is -0.421. The van der Waals surface area contributed by atoms with E-state index in [0.29, 0.717) is 23.5 Å². The standard InChI is InChI=1S/C16H12FN3O/c17-14-6-7-15(18-8-14)16-13(11-21)10-20(19-16)9-12-4-2-1-3-5-12/h1-8,10-11H,9H2. The van der Waals surface area contributed by atoms with Crippen LogP contribution in [0.3, 0.4) is 0 Å². The highest BCUT2D eigenvalue weighted by Gasteiger charge is 2.12. The first-order chi connectivity index (χ1) is 10.3. The molecule has 0 fully saturated rings. The first-order valence-corrected chi connectivity index (χ1v) is 6.45. The average molecular weight is 281 g/mol. The number of benzene rings is 1. The summed E-state index contributed by atoms with van der Waals surface area (Å²) in [6.07, 6.45) is 3.51. The highest BCUT2D eigenvalue weighted by atomic mass is 19.1. The number of nitrogens with zero attached hydrogens (tertiary/aromatic N) is 3. The van der Waals surface area contributed by atoms with Crippen LogP contribution in [0.4, 0.5) is 4.39 Å². The zero-order valence-corrected chi connectivity index (χ0v) is 11.1. The molecule has 0 aliphatic heterocycles. The summed E-state index contributed by atoms with van der Waals surface area (Å²) in [5.41, 5.74) is 2.45. The van der Waals surface area contributed by atoms with E-state index in [-0.39, 0.29) is 0 Å². The van der Waals surface area contributed by atoms with Crippen molar-refractivity contribution < 1.29 is 9.18 Å². The lowest BCUT2D eigenvalue weighted by Crippen LogP contribution is -2.00. The number of carbonyl (C=O) groups is 1. The maximum atomic E-state index is 12.9. The number of carbonyl (C=O) groups excluding carboxylic acids is 1. The molecule has 0 saturated carbocycles. The predicted octanol–water partition coefficient (Wildman–Crippen LogP) is 2.95. The fraction of sp³-hybridized carbons (Fsp3) is 0.0625. The van der Waals surface area contributed by atoms with Crippen molar-refractivity contribution in [3.8, 4) is 11.4 Å². The molecule has 104 valence electrons. The van der Waals surface area contributed by atoms with Crippen LogP contribution in [0.5, 0.6) is 0 Å². The van der Waals surface area contributed by atoms with E-state index in [9.17, 15) is 9.18 Å². The minimum absolute atomic E-state index is 0.421. The van der Waals surface area contributed by atoms with Gasteiger partial charge in [-0.1, -0.05) is 30.3 Å². The van der Waals surface area contributed by atoms with E-state index in [1.807, 2.05) is 30.3 Å². The van der Waals surface area contributed by atoms with Crippen LogP contribution < -0.4 is 0 Å². The Kier molecular flexibility index (Phi) is 3.55. The molecule has 2 aromatic heterocycles. The first kappa shape index (κ1) is 13.2. The number of aldehydes is 1. The van der Waals surface area contributed by atoms with Crippen LogP contribution in [0, 0.1) is 5.82 Å². The molecular weight excluding hydrogens is 269 g/mol. The number of halogens is 1. The van der Waals surface area contributed by atoms with E-state index >= 15 is 0 Å². The molecule has 0 radical (unpaired) electrons. The maximum absolute atomic E-state index is 12.9. The number of pyridine rings is 1. The van der Waals surface area contributed by atoms with Crippen molar-refractivity contribution in [3.05, 3.63) is 71.8 Å². The van der Waals surface area contributed by atoms with Crippen molar-refractivity contribution in [1.29, 1.82) is 0 Å². The quantitative estimate of drug-likeness (QED) is 0.691. The fourth-order valence-corrected chi connectivity index (χ4v) is 2.09. The van der Waals surface area contributed by atoms with Crippen LogP contribution in [-0.2, 0) is 6.54 Å². The molecule has 3 aromatic rings. The summed E-state index contributed by atoms with van der Waals surface area (Å²) in [4.78, 5) is 15.1. The van der Waals surface area contributed by atoms with E-state index in [1.165, 1.54) is 12.1 Å². The molecule has 0 spiro atoms. The highest BCUT2D eigenvalue weighted by molar-refractivity contribution is 5.84. The monoisotopic (exact) mass is 281 g/mol. The van der Waals surface area contributed by atoms with Gasteiger partial charge in [-0.2, -0.15) is 5.10 Å². The second-order valence-corrected chi connectivity index (χ2v) is 4.60. The van der Waals surface area contributed by atoms with E-state index in [1.54, 1.807) is 10.9 Å². The van der Waals surface area contributed by atoms with E-state index in [4.69, 9.17) is 0 Å². The van der Waals surface area contributed by atoms with Gasteiger partial charge in [0, 0.05) is 6.20 Å². The summed E-state index contributed by atoms with van der Waals surface area (Å²) >= 11 is 0. The largest absolute Gasteiger partial charge is 0.298 e. The van der Waals surface area contributed by atoms with Crippen molar-refractivity contribution >= 4 is 6.29 Å². The Morgan fingerprint density at radius 2 is 1.95 bits per heavy atom. The lowest BCUT2D eigenvalue weighted by Gasteiger charge is -2.01. The number of hydrogen-bond donors (Lipinski definition) is 0. The zero-order chi connectivity index (χ0) is 14.7. The Balaban J connectivity index is 1.95. The van der Waals surface area contributed by atoms with Crippen LogP contribution in [0.2, 0.25) is 0 Å². The van der Waals surface area contributed by atoms with Gasteiger partial charge < -0.3 is 0 Å². The highest BCUT2D eigenvalue weighted by Crippen LogP contribution is 2.19. The molecule has 21 heavy (non-hydrogen) atoms. The molecule has 3 rings (SSSR count). The predicted molar refractivity (Wildman–Crippen MR) is 76.3 cm³/mol. The Bertz CT molecular complexity index is 751. The molecule has 2 heterocycles. The van der Waals surface area contributed by atoms with E-state index < -0.39 is 5.82 Å². The van der Waals surface area contributed by atoms with Gasteiger partial charge in [0.2, 0.25) is 0 Å². The van der Waals surface area contributed by atoms with Gasteiger partial charge in [0.15, 0.2) is 6.29 Å². The SMILES string of the molecule is O=Cc1cn(Cc2ccccc2)nc1-c1ccc(F)cn1. The molecule has 0 aliphatic rings. The Morgan fingerprint density at radius 1 is 1.14 bits per heavy atom. The molecule has 0 unspecified atom stereocenters. The van der Waals surface area contributed by atoms with Gasteiger partial charge in [-0.15, -0.1) is 0 Å². The molecule has 0 bridgehead atoms. The molecule has 0 amide bonds. The summed E-state index contributed by atoms with van der Waals surface area (Å²) < 4.78 is 14.6. The normalized spacial score (nSPS) is 10.5. The first-order valence-electron chi connectivity index (χ1n) is 6.45. The molecule has 0 N–H and O–H groups in total. The maximum Gasteiger partial charge on any atom is 0.153 e. The van der Waals surface area contributed by atoms with Gasteiger partial charge in [-0.05, 0) is 17.7 Å². The summed E-state index contributed by atoms with van der Waals surface area (Å²) in [7, 11) is 0. The Hall–Kier alpha value is -2.82. The molecule has 5 heteroatoms. The van der Waals surface area contributed by atoms with E-state index in [0.717, 1.165) is 18.0 Å². The van der Waals surface area contributed by atoms with Gasteiger partial charge in [-0.25, -0.2) is 4.39 Å². The van der Waals surface area contributed by atoms with Gasteiger partial charge in [0.25, 0.3) is 0 Å². The van der Waals surface area contributed by atoms with Crippen LogP contribution in [0.15, 0.2) is 54.9 Å². The third kappa shape index (κ3) is 2.86. The smallest absolute Gasteiger partial charge is 0.153 e. The van der Waals surface area contributed by atoms with Crippen molar-refractivity contribution in [1.82, 2.24) is 14.8 Å². The molecule has 0 saturated heterocycles. The van der Waals surface area contributed by atoms with Crippen LogP contribution >= 0.6 is 0 Å². The third-order valence-electron chi connectivity index (χ3n) is 3.07. The summed E-state index contributed by atoms with van der Waals surface area (Å²) in [5, 5.41) is 4.38. The zero-order valence-electron chi connectivity index (χ0n) is 11.1. The van der Waals surface area contributed by atoms with E-state index in [2.05, 4.69) is 10.1 Å². The van der Waals surface area contributed by atoms with Gasteiger partial charge in [-0.3, -0.25) is 14.5 Å². The number of aromatic nitrogens is 3. The van der Waals surface area contributed by atoms with Crippen LogP contribution in [-0.4, -0.2) is 21.1 Å². The summed E-state index contributed by atoms with van der Waals surface area (Å²) in [6.45, 7) is 0.558. The molecule has 0 atom stereocenters. The average Bonchev–Trinajstić information content (AvgIpc) is 2.92. The third-order valence-corrected chi connectivity index (χ3v) is 3.07. The van der Waals surface area contributed by atoms with Crippen molar-refractivity contribution in [3.63, 3.8) is 0 Å². The Labute approximate surface area is 120 Å².